The number of thioether (sulfide) groups is 1. The van der Waals surface area contributed by atoms with Crippen molar-refractivity contribution in [3.63, 3.8) is 0 Å². The van der Waals surface area contributed by atoms with E-state index in [1.165, 1.54) is 35.2 Å². The summed E-state index contributed by atoms with van der Waals surface area (Å²) in [6, 6.07) is 17.1. The van der Waals surface area contributed by atoms with Gasteiger partial charge in [-0.1, -0.05) is 59.8 Å². The average Bonchev–Trinajstić information content (AvgIpc) is 3.06. The highest BCUT2D eigenvalue weighted by Crippen LogP contribution is 2.37. The van der Waals surface area contributed by atoms with Crippen LogP contribution in [-0.4, -0.2) is 15.2 Å². The Bertz CT molecular complexity index is 1290. The van der Waals surface area contributed by atoms with Gasteiger partial charge in [0.1, 0.15) is 18.2 Å². The van der Waals surface area contributed by atoms with E-state index in [1.54, 1.807) is 42.5 Å². The zero-order valence-electron chi connectivity index (χ0n) is 16.7. The molecule has 1 aliphatic rings. The SMILES string of the molecule is O=C1/C(=C/c2cccc(OCc3c(F)cccc3Cl)c2)SC(=S)N1c1cccc([N+](=O)[O-])c1. The van der Waals surface area contributed by atoms with Crippen LogP contribution >= 0.6 is 35.6 Å². The summed E-state index contributed by atoms with van der Waals surface area (Å²) in [5.41, 5.74) is 1.12. The number of carbonyl (C=O) groups excluding carboxylic acids is 1. The van der Waals surface area contributed by atoms with Crippen LogP contribution in [0.15, 0.2) is 71.6 Å². The summed E-state index contributed by atoms with van der Waals surface area (Å²) in [6.45, 7) is -0.0517. The van der Waals surface area contributed by atoms with Crippen LogP contribution in [0.4, 0.5) is 15.8 Å². The molecule has 0 unspecified atom stereocenters. The van der Waals surface area contributed by atoms with Crippen LogP contribution in [-0.2, 0) is 11.4 Å². The second-order valence-corrected chi connectivity index (χ2v) is 8.94. The van der Waals surface area contributed by atoms with Gasteiger partial charge in [-0.25, -0.2) is 4.39 Å². The summed E-state index contributed by atoms with van der Waals surface area (Å²) < 4.78 is 19.9. The Morgan fingerprint density at radius 1 is 1.15 bits per heavy atom. The van der Waals surface area contributed by atoms with Gasteiger partial charge in [0.15, 0.2) is 4.32 Å². The Morgan fingerprint density at radius 3 is 2.67 bits per heavy atom. The van der Waals surface area contributed by atoms with E-state index in [0.29, 0.717) is 21.9 Å². The van der Waals surface area contributed by atoms with Crippen LogP contribution in [0.3, 0.4) is 0 Å². The van der Waals surface area contributed by atoms with Gasteiger partial charge in [0.2, 0.25) is 0 Å². The number of hydrogen-bond acceptors (Lipinski definition) is 6. The summed E-state index contributed by atoms with van der Waals surface area (Å²) in [5.74, 6) is -0.365. The van der Waals surface area contributed by atoms with E-state index in [4.69, 9.17) is 28.6 Å². The summed E-state index contributed by atoms with van der Waals surface area (Å²) in [7, 11) is 0. The topological polar surface area (TPSA) is 72.7 Å². The average molecular weight is 501 g/mol. The van der Waals surface area contributed by atoms with Crippen molar-refractivity contribution in [2.75, 3.05) is 4.90 Å². The molecule has 0 radical (unpaired) electrons. The molecule has 1 heterocycles. The van der Waals surface area contributed by atoms with E-state index in [1.807, 2.05) is 0 Å². The molecule has 10 heteroatoms. The number of halogens is 2. The number of thiocarbonyl (C=S) groups is 1. The molecule has 1 aliphatic heterocycles. The maximum atomic E-state index is 14.0. The molecule has 0 atom stereocenters. The summed E-state index contributed by atoms with van der Waals surface area (Å²) >= 11 is 12.5. The van der Waals surface area contributed by atoms with Crippen molar-refractivity contribution in [1.82, 2.24) is 0 Å². The van der Waals surface area contributed by atoms with Gasteiger partial charge in [-0.15, -0.1) is 0 Å². The van der Waals surface area contributed by atoms with Crippen molar-refractivity contribution in [3.05, 3.63) is 104 Å². The number of ether oxygens (including phenoxy) is 1. The lowest BCUT2D eigenvalue weighted by Crippen LogP contribution is -2.27. The van der Waals surface area contributed by atoms with Crippen molar-refractivity contribution in [1.29, 1.82) is 0 Å². The number of rotatable bonds is 6. The van der Waals surface area contributed by atoms with Gasteiger partial charge in [-0.05, 0) is 42.0 Å². The van der Waals surface area contributed by atoms with Crippen molar-refractivity contribution >= 4 is 63.3 Å². The zero-order chi connectivity index (χ0) is 23.5. The molecule has 3 aromatic carbocycles. The number of carbonyl (C=O) groups is 1. The Morgan fingerprint density at radius 2 is 1.91 bits per heavy atom. The summed E-state index contributed by atoms with van der Waals surface area (Å²) in [5, 5.41) is 11.3. The monoisotopic (exact) mass is 500 g/mol. The molecular formula is C23H14ClFN2O4S2. The van der Waals surface area contributed by atoms with Gasteiger partial charge < -0.3 is 4.74 Å². The van der Waals surface area contributed by atoms with Crippen LogP contribution in [0.5, 0.6) is 5.75 Å². The van der Waals surface area contributed by atoms with Crippen LogP contribution in [0.2, 0.25) is 5.02 Å². The number of non-ortho nitro benzene ring substituents is 1. The van der Waals surface area contributed by atoms with E-state index < -0.39 is 10.7 Å². The normalized spacial score (nSPS) is 14.7. The fourth-order valence-electron chi connectivity index (χ4n) is 3.11. The zero-order valence-corrected chi connectivity index (χ0v) is 19.1. The first-order valence-electron chi connectivity index (χ1n) is 9.51. The highest BCUT2D eigenvalue weighted by molar-refractivity contribution is 8.27. The minimum absolute atomic E-state index is 0.0517. The Balaban J connectivity index is 1.54. The van der Waals surface area contributed by atoms with Crippen LogP contribution < -0.4 is 9.64 Å². The number of benzene rings is 3. The second kappa shape index (κ2) is 9.70. The standard InChI is InChI=1S/C23H14ClFN2O4S2/c24-19-8-3-9-20(25)18(19)13-31-17-7-1-4-14(10-17)11-21-22(28)26(23(32)33-21)15-5-2-6-16(12-15)27(29)30/h1-12H,13H2/b21-11-. The number of nitro groups is 1. The molecular weight excluding hydrogens is 487 g/mol. The Labute approximate surface area is 202 Å². The van der Waals surface area contributed by atoms with Crippen molar-refractivity contribution in [3.8, 4) is 5.75 Å². The molecule has 33 heavy (non-hydrogen) atoms. The van der Waals surface area contributed by atoms with Crippen LogP contribution in [0.1, 0.15) is 11.1 Å². The predicted octanol–water partition coefficient (Wildman–Crippen LogP) is 6.37. The third-order valence-corrected chi connectivity index (χ3v) is 6.35. The van der Waals surface area contributed by atoms with Gasteiger partial charge in [0.25, 0.3) is 11.6 Å². The van der Waals surface area contributed by atoms with E-state index in [9.17, 15) is 19.3 Å². The molecule has 0 spiro atoms. The lowest BCUT2D eigenvalue weighted by molar-refractivity contribution is -0.384. The van der Waals surface area contributed by atoms with E-state index >= 15 is 0 Å². The van der Waals surface area contributed by atoms with Gasteiger partial charge >= 0.3 is 0 Å². The summed E-state index contributed by atoms with van der Waals surface area (Å²) in [6.07, 6.45) is 1.65. The molecule has 0 aliphatic carbocycles. The van der Waals surface area contributed by atoms with Gasteiger partial charge in [-0.3, -0.25) is 19.8 Å². The lowest BCUT2D eigenvalue weighted by atomic mass is 10.2. The van der Waals surface area contributed by atoms with E-state index in [2.05, 4.69) is 0 Å². The third kappa shape index (κ3) is 5.05. The van der Waals surface area contributed by atoms with E-state index in [0.717, 1.165) is 11.8 Å². The van der Waals surface area contributed by atoms with Gasteiger partial charge in [0.05, 0.1) is 20.5 Å². The van der Waals surface area contributed by atoms with Crippen molar-refractivity contribution in [2.24, 2.45) is 0 Å². The lowest BCUT2D eigenvalue weighted by Gasteiger charge is -2.14. The van der Waals surface area contributed by atoms with Crippen molar-refractivity contribution in [2.45, 2.75) is 6.61 Å². The maximum absolute atomic E-state index is 14.0. The molecule has 0 saturated carbocycles. The second-order valence-electron chi connectivity index (χ2n) is 6.86. The molecule has 6 nitrogen and oxygen atoms in total. The van der Waals surface area contributed by atoms with Crippen molar-refractivity contribution < 1.29 is 18.8 Å². The van der Waals surface area contributed by atoms with Crippen LogP contribution in [0.25, 0.3) is 6.08 Å². The minimum atomic E-state index is -0.531. The number of nitrogens with zero attached hydrogens (tertiary/aromatic N) is 2. The molecule has 3 aromatic rings. The fourth-order valence-corrected chi connectivity index (χ4v) is 4.62. The number of amides is 1. The number of nitro benzene ring substituents is 1. The Hall–Kier alpha value is -3.27. The fraction of sp³-hybridized carbons (Fsp3) is 0.0435. The quantitative estimate of drug-likeness (QED) is 0.169. The largest absolute Gasteiger partial charge is 0.489 e. The number of hydrogen-bond donors (Lipinski definition) is 0. The molecule has 0 bridgehead atoms. The van der Waals surface area contributed by atoms with Crippen LogP contribution in [0, 0.1) is 15.9 Å². The first kappa shape index (κ1) is 22.9. The van der Waals surface area contributed by atoms with Gasteiger partial charge in [-0.2, -0.15) is 0 Å². The molecule has 1 amide bonds. The highest BCUT2D eigenvalue weighted by atomic mass is 35.5. The third-order valence-electron chi connectivity index (χ3n) is 4.69. The maximum Gasteiger partial charge on any atom is 0.271 e. The predicted molar refractivity (Wildman–Crippen MR) is 131 cm³/mol. The highest BCUT2D eigenvalue weighted by Gasteiger charge is 2.34. The molecule has 0 aromatic heterocycles. The molecule has 166 valence electrons. The van der Waals surface area contributed by atoms with Gasteiger partial charge in [0, 0.05) is 17.7 Å². The smallest absolute Gasteiger partial charge is 0.271 e. The Kier molecular flexibility index (Phi) is 6.73. The molecule has 4 rings (SSSR count). The minimum Gasteiger partial charge on any atom is -0.489 e. The molecule has 1 saturated heterocycles. The molecule has 0 N–H and O–H groups in total. The summed E-state index contributed by atoms with van der Waals surface area (Å²) in [4.78, 5) is 25.1. The van der Waals surface area contributed by atoms with E-state index in [-0.39, 0.29) is 33.1 Å². The molecule has 1 fully saturated rings. The first-order valence-corrected chi connectivity index (χ1v) is 11.1. The number of anilines is 1. The first-order chi connectivity index (χ1) is 15.8.